The van der Waals surface area contributed by atoms with Crippen LogP contribution in [0.25, 0.3) is 10.9 Å². The van der Waals surface area contributed by atoms with E-state index in [-0.39, 0.29) is 29.8 Å². The predicted octanol–water partition coefficient (Wildman–Crippen LogP) is 2.38. The lowest BCUT2D eigenvalue weighted by molar-refractivity contribution is -0.150. The molecule has 2 heterocycles. The summed E-state index contributed by atoms with van der Waals surface area (Å²) in [6.45, 7) is 4.02. The van der Waals surface area contributed by atoms with Crippen LogP contribution in [0, 0.1) is 5.92 Å². The molecule has 3 atom stereocenters. The minimum absolute atomic E-state index is 0.0605. The Morgan fingerprint density at radius 1 is 1.42 bits per heavy atom. The van der Waals surface area contributed by atoms with Crippen molar-refractivity contribution in [2.24, 2.45) is 5.92 Å². The SMILES string of the molecule is C=CC(=O)N1C[C@H](C(=O)OC)CC2c3cccc4[nH]cc(c34)C[C@H]21. The third-order valence-corrected chi connectivity index (χ3v) is 5.46. The first kappa shape index (κ1) is 15.0. The van der Waals surface area contributed by atoms with Gasteiger partial charge in [0.05, 0.1) is 13.0 Å². The van der Waals surface area contributed by atoms with Crippen molar-refractivity contribution in [1.82, 2.24) is 9.88 Å². The van der Waals surface area contributed by atoms with Gasteiger partial charge in [-0.1, -0.05) is 18.7 Å². The summed E-state index contributed by atoms with van der Waals surface area (Å²) in [4.78, 5) is 29.7. The minimum Gasteiger partial charge on any atom is -0.469 e. The van der Waals surface area contributed by atoms with E-state index >= 15 is 0 Å². The van der Waals surface area contributed by atoms with Gasteiger partial charge in [-0.2, -0.15) is 0 Å². The van der Waals surface area contributed by atoms with Gasteiger partial charge in [-0.15, -0.1) is 0 Å². The van der Waals surface area contributed by atoms with Gasteiger partial charge in [-0.25, -0.2) is 0 Å². The predicted molar refractivity (Wildman–Crippen MR) is 90.6 cm³/mol. The van der Waals surface area contributed by atoms with Crippen molar-refractivity contribution in [2.75, 3.05) is 13.7 Å². The summed E-state index contributed by atoms with van der Waals surface area (Å²) in [6.07, 6.45) is 4.88. The van der Waals surface area contributed by atoms with Gasteiger partial charge in [-0.05, 0) is 36.1 Å². The number of ether oxygens (including phenoxy) is 1. The Morgan fingerprint density at radius 3 is 3.00 bits per heavy atom. The van der Waals surface area contributed by atoms with E-state index in [0.29, 0.717) is 13.0 Å². The Hall–Kier alpha value is -2.56. The third kappa shape index (κ3) is 2.08. The zero-order valence-corrected chi connectivity index (χ0v) is 13.6. The molecule has 1 aromatic carbocycles. The summed E-state index contributed by atoms with van der Waals surface area (Å²) < 4.78 is 4.95. The lowest BCUT2D eigenvalue weighted by atomic mass is 9.72. The van der Waals surface area contributed by atoms with E-state index in [1.807, 2.05) is 12.3 Å². The highest BCUT2D eigenvalue weighted by molar-refractivity contribution is 5.91. The van der Waals surface area contributed by atoms with Crippen LogP contribution in [0.15, 0.2) is 37.1 Å². The number of carbonyl (C=O) groups excluding carboxylic acids is 2. The number of piperidine rings is 1. The summed E-state index contributed by atoms with van der Waals surface area (Å²) in [5.74, 6) is -0.526. The molecule has 0 bridgehead atoms. The normalized spacial score (nSPS) is 25.2. The monoisotopic (exact) mass is 324 g/mol. The lowest BCUT2D eigenvalue weighted by Crippen LogP contribution is -2.53. The molecular weight excluding hydrogens is 304 g/mol. The molecule has 1 amide bonds. The van der Waals surface area contributed by atoms with E-state index in [0.717, 1.165) is 11.9 Å². The molecule has 1 aromatic heterocycles. The molecule has 0 spiro atoms. The molecule has 5 nitrogen and oxygen atoms in total. The van der Waals surface area contributed by atoms with Gasteiger partial charge in [-0.3, -0.25) is 9.59 Å². The summed E-state index contributed by atoms with van der Waals surface area (Å²) in [7, 11) is 1.40. The van der Waals surface area contributed by atoms with Crippen molar-refractivity contribution in [1.29, 1.82) is 0 Å². The molecule has 24 heavy (non-hydrogen) atoms. The summed E-state index contributed by atoms with van der Waals surface area (Å²) in [6, 6.07) is 6.27. The Kier molecular flexibility index (Phi) is 3.44. The van der Waals surface area contributed by atoms with Crippen LogP contribution in [-0.4, -0.2) is 41.5 Å². The van der Waals surface area contributed by atoms with E-state index in [1.165, 1.54) is 29.7 Å². The first-order valence-electron chi connectivity index (χ1n) is 8.23. The van der Waals surface area contributed by atoms with Crippen molar-refractivity contribution >= 4 is 22.8 Å². The molecule has 0 radical (unpaired) electrons. The second-order valence-corrected chi connectivity index (χ2v) is 6.61. The summed E-state index contributed by atoms with van der Waals surface area (Å²) in [5, 5.41) is 1.25. The van der Waals surface area contributed by atoms with Gasteiger partial charge in [0.25, 0.3) is 0 Å². The molecule has 1 aliphatic carbocycles. The number of hydrogen-bond donors (Lipinski definition) is 1. The number of carbonyl (C=O) groups is 2. The van der Waals surface area contributed by atoms with Crippen LogP contribution < -0.4 is 0 Å². The molecular formula is C19H20N2O3. The van der Waals surface area contributed by atoms with Crippen LogP contribution in [0.2, 0.25) is 0 Å². The van der Waals surface area contributed by atoms with Crippen molar-refractivity contribution in [2.45, 2.75) is 24.8 Å². The average Bonchev–Trinajstić information content (AvgIpc) is 3.04. The standard InChI is InChI=1S/C19H20N2O3/c1-3-17(22)21-10-12(19(23)24-2)7-14-13-5-4-6-15-18(13)11(9-20-15)8-16(14)21/h3-6,9,12,14,16,20H,1,7-8,10H2,2H3/t12-,14?,16-/m1/s1. The van der Waals surface area contributed by atoms with Crippen molar-refractivity contribution in [3.05, 3.63) is 48.2 Å². The van der Waals surface area contributed by atoms with Gasteiger partial charge in [0.15, 0.2) is 0 Å². The number of nitrogens with zero attached hydrogens (tertiary/aromatic N) is 1. The molecule has 1 fully saturated rings. The van der Waals surface area contributed by atoms with Crippen LogP contribution in [0.5, 0.6) is 0 Å². The number of rotatable bonds is 2. The Labute approximate surface area is 140 Å². The van der Waals surface area contributed by atoms with E-state index < -0.39 is 0 Å². The van der Waals surface area contributed by atoms with Crippen LogP contribution in [0.4, 0.5) is 0 Å². The number of esters is 1. The maximum absolute atomic E-state index is 12.4. The van der Waals surface area contributed by atoms with Crippen LogP contribution in [0.1, 0.15) is 23.5 Å². The molecule has 4 rings (SSSR count). The summed E-state index contributed by atoms with van der Waals surface area (Å²) in [5.41, 5.74) is 3.57. The number of hydrogen-bond acceptors (Lipinski definition) is 3. The molecule has 0 saturated carbocycles. The van der Waals surface area contributed by atoms with Crippen LogP contribution in [0.3, 0.4) is 0 Å². The summed E-state index contributed by atoms with van der Waals surface area (Å²) >= 11 is 0. The maximum atomic E-state index is 12.4. The molecule has 124 valence electrons. The quantitative estimate of drug-likeness (QED) is 0.681. The molecule has 1 unspecified atom stereocenters. The molecule has 1 aliphatic heterocycles. The topological polar surface area (TPSA) is 62.4 Å². The number of methoxy groups -OCH3 is 1. The fourth-order valence-electron chi connectivity index (χ4n) is 4.40. The zero-order valence-electron chi connectivity index (χ0n) is 13.6. The number of nitrogens with one attached hydrogen (secondary N) is 1. The number of aromatic amines is 1. The zero-order chi connectivity index (χ0) is 16.8. The first-order valence-corrected chi connectivity index (χ1v) is 8.23. The number of H-pyrrole nitrogens is 1. The first-order chi connectivity index (χ1) is 11.6. The highest BCUT2D eigenvalue weighted by atomic mass is 16.5. The molecule has 1 N–H and O–H groups in total. The Bertz CT molecular complexity index is 838. The number of fused-ring (bicyclic) bond motifs is 2. The number of likely N-dealkylation sites (tertiary alicyclic amines) is 1. The smallest absolute Gasteiger partial charge is 0.310 e. The van der Waals surface area contributed by atoms with Crippen molar-refractivity contribution < 1.29 is 14.3 Å². The van der Waals surface area contributed by atoms with Crippen LogP contribution in [-0.2, 0) is 20.7 Å². The Morgan fingerprint density at radius 2 is 2.25 bits per heavy atom. The van der Waals surface area contributed by atoms with Gasteiger partial charge < -0.3 is 14.6 Å². The fraction of sp³-hybridized carbons (Fsp3) is 0.368. The second-order valence-electron chi connectivity index (χ2n) is 6.61. The highest BCUT2D eigenvalue weighted by Crippen LogP contribution is 2.45. The third-order valence-electron chi connectivity index (χ3n) is 5.46. The number of aromatic nitrogens is 1. The molecule has 2 aliphatic rings. The largest absolute Gasteiger partial charge is 0.469 e. The van der Waals surface area contributed by atoms with Crippen LogP contribution >= 0.6 is 0 Å². The Balaban J connectivity index is 1.82. The van der Waals surface area contributed by atoms with E-state index in [2.05, 4.69) is 23.7 Å². The maximum Gasteiger partial charge on any atom is 0.310 e. The highest BCUT2D eigenvalue weighted by Gasteiger charge is 2.44. The second kappa shape index (κ2) is 5.51. The molecule has 1 saturated heterocycles. The fourth-order valence-corrected chi connectivity index (χ4v) is 4.40. The number of benzene rings is 1. The van der Waals surface area contributed by atoms with Gasteiger partial charge in [0, 0.05) is 35.6 Å². The lowest BCUT2D eigenvalue weighted by Gasteiger charge is -2.46. The van der Waals surface area contributed by atoms with E-state index in [9.17, 15) is 9.59 Å². The molecule has 5 heteroatoms. The average molecular weight is 324 g/mol. The van der Waals surface area contributed by atoms with Gasteiger partial charge in [0.1, 0.15) is 0 Å². The van der Waals surface area contributed by atoms with Crippen molar-refractivity contribution in [3.8, 4) is 0 Å². The molecule has 2 aromatic rings. The van der Waals surface area contributed by atoms with E-state index in [4.69, 9.17) is 4.74 Å². The minimum atomic E-state index is -0.295. The van der Waals surface area contributed by atoms with E-state index in [1.54, 1.807) is 4.90 Å². The number of amides is 1. The van der Waals surface area contributed by atoms with Gasteiger partial charge >= 0.3 is 5.97 Å². The van der Waals surface area contributed by atoms with Gasteiger partial charge in [0.2, 0.25) is 5.91 Å². The van der Waals surface area contributed by atoms with Crippen molar-refractivity contribution in [3.63, 3.8) is 0 Å².